The molecule has 1 aromatic carbocycles. The minimum atomic E-state index is -0.628. The third-order valence-electron chi connectivity index (χ3n) is 3.28. The van der Waals surface area contributed by atoms with E-state index in [1.54, 1.807) is 0 Å². The van der Waals surface area contributed by atoms with Crippen molar-refractivity contribution in [3.8, 4) is 0 Å². The molecular weight excluding hydrogens is 261 g/mol. The van der Waals surface area contributed by atoms with Crippen molar-refractivity contribution in [3.63, 3.8) is 0 Å². The predicted octanol–water partition coefficient (Wildman–Crippen LogP) is 0.951. The first kappa shape index (κ1) is 12.2. The van der Waals surface area contributed by atoms with Gasteiger partial charge < -0.3 is 0 Å². The standard InChI is InChI=1S/C13H20AsNO/c14-13(16,12-6-2-1-3-7-12)8-11-15-9-4-5-10-15/h1-3,6-7,16H,4-5,8-11,14H2. The monoisotopic (exact) mass is 281 g/mol. The summed E-state index contributed by atoms with van der Waals surface area (Å²) >= 11 is 1.41. The molecule has 1 N–H and O–H groups in total. The van der Waals surface area contributed by atoms with Crippen LogP contribution in [0.4, 0.5) is 0 Å². The molecule has 0 bridgehead atoms. The Hall–Kier alpha value is -0.302. The summed E-state index contributed by atoms with van der Waals surface area (Å²) in [5.41, 5.74) is 1.05. The van der Waals surface area contributed by atoms with E-state index in [2.05, 4.69) is 4.90 Å². The van der Waals surface area contributed by atoms with Crippen molar-refractivity contribution in [3.05, 3.63) is 35.9 Å². The van der Waals surface area contributed by atoms with Crippen LogP contribution in [0.15, 0.2) is 30.3 Å². The third kappa shape index (κ3) is 3.10. The molecule has 1 saturated heterocycles. The number of nitrogens with zero attached hydrogens (tertiary/aromatic N) is 1. The maximum absolute atomic E-state index is 10.4. The summed E-state index contributed by atoms with van der Waals surface area (Å²) in [6.45, 7) is 3.43. The van der Waals surface area contributed by atoms with Gasteiger partial charge in [-0.1, -0.05) is 0 Å². The van der Waals surface area contributed by atoms with Crippen LogP contribution in [0.1, 0.15) is 24.8 Å². The number of benzene rings is 1. The van der Waals surface area contributed by atoms with E-state index in [1.807, 2.05) is 30.3 Å². The summed E-state index contributed by atoms with van der Waals surface area (Å²) in [4.78, 5) is 2.45. The number of hydrogen-bond acceptors (Lipinski definition) is 2. The van der Waals surface area contributed by atoms with Gasteiger partial charge in [-0.15, -0.1) is 0 Å². The van der Waals surface area contributed by atoms with Crippen LogP contribution in [-0.4, -0.2) is 46.5 Å². The number of rotatable bonds is 4. The first-order chi connectivity index (χ1) is 7.68. The van der Waals surface area contributed by atoms with Gasteiger partial charge in [-0.2, -0.15) is 0 Å². The molecule has 2 atom stereocenters. The van der Waals surface area contributed by atoms with E-state index in [1.165, 1.54) is 42.8 Å². The van der Waals surface area contributed by atoms with Crippen molar-refractivity contribution >= 4 is 16.9 Å². The summed E-state index contributed by atoms with van der Waals surface area (Å²) in [7, 11) is 0. The van der Waals surface area contributed by atoms with Crippen molar-refractivity contribution in [1.82, 2.24) is 4.90 Å². The van der Waals surface area contributed by atoms with E-state index in [-0.39, 0.29) is 0 Å². The topological polar surface area (TPSA) is 23.5 Å². The third-order valence-corrected chi connectivity index (χ3v) is 4.59. The molecule has 0 spiro atoms. The van der Waals surface area contributed by atoms with Crippen LogP contribution < -0.4 is 0 Å². The van der Waals surface area contributed by atoms with Gasteiger partial charge >= 0.3 is 106 Å². The van der Waals surface area contributed by atoms with Gasteiger partial charge in [-0.05, 0) is 0 Å². The molecule has 0 amide bonds. The van der Waals surface area contributed by atoms with Gasteiger partial charge in [0.2, 0.25) is 0 Å². The van der Waals surface area contributed by atoms with E-state index >= 15 is 0 Å². The van der Waals surface area contributed by atoms with Crippen molar-refractivity contribution in [1.29, 1.82) is 0 Å². The Morgan fingerprint density at radius 3 is 2.44 bits per heavy atom. The molecule has 1 aromatic rings. The number of hydrogen-bond donors (Lipinski definition) is 1. The SMILES string of the molecule is OC([AsH2])(CCN1CCCC1)c1ccccc1. The van der Waals surface area contributed by atoms with Crippen molar-refractivity contribution in [2.45, 2.75) is 23.7 Å². The molecule has 2 rings (SSSR count). The summed E-state index contributed by atoms with van der Waals surface area (Å²) < 4.78 is -0.628. The quantitative estimate of drug-likeness (QED) is 0.831. The molecule has 0 radical (unpaired) electrons. The Balaban J connectivity index is 1.92. The summed E-state index contributed by atoms with van der Waals surface area (Å²) in [5, 5.41) is 10.4. The van der Waals surface area contributed by atoms with E-state index in [0.717, 1.165) is 18.5 Å². The fraction of sp³-hybridized carbons (Fsp3) is 0.538. The molecule has 1 aliphatic heterocycles. The van der Waals surface area contributed by atoms with Crippen LogP contribution in [0.25, 0.3) is 0 Å². The maximum atomic E-state index is 10.4. The Labute approximate surface area is 106 Å². The number of aliphatic hydroxyl groups is 1. The van der Waals surface area contributed by atoms with E-state index in [9.17, 15) is 5.11 Å². The van der Waals surface area contributed by atoms with Gasteiger partial charge in [0, 0.05) is 0 Å². The Kier molecular flexibility index (Phi) is 4.07. The Morgan fingerprint density at radius 1 is 1.19 bits per heavy atom. The molecule has 1 aliphatic rings. The summed E-state index contributed by atoms with van der Waals surface area (Å²) in [5.74, 6) is 0. The van der Waals surface area contributed by atoms with Crippen LogP contribution in [-0.2, 0) is 4.39 Å². The van der Waals surface area contributed by atoms with Gasteiger partial charge in [0.1, 0.15) is 0 Å². The van der Waals surface area contributed by atoms with Gasteiger partial charge in [0.15, 0.2) is 0 Å². The number of likely N-dealkylation sites (tertiary alicyclic amines) is 1. The van der Waals surface area contributed by atoms with Crippen LogP contribution in [0.3, 0.4) is 0 Å². The molecule has 3 heteroatoms. The predicted molar refractivity (Wildman–Crippen MR) is 69.2 cm³/mol. The molecule has 2 unspecified atom stereocenters. The van der Waals surface area contributed by atoms with E-state index in [4.69, 9.17) is 0 Å². The normalized spacial score (nSPS) is 20.9. The average molecular weight is 281 g/mol. The Bertz CT molecular complexity index is 320. The molecule has 16 heavy (non-hydrogen) atoms. The van der Waals surface area contributed by atoms with Crippen LogP contribution >= 0.6 is 0 Å². The van der Waals surface area contributed by atoms with Gasteiger partial charge in [-0.3, -0.25) is 0 Å². The zero-order chi connectivity index (χ0) is 11.4. The molecule has 0 aliphatic carbocycles. The second kappa shape index (κ2) is 5.35. The zero-order valence-electron chi connectivity index (χ0n) is 9.60. The summed E-state index contributed by atoms with van der Waals surface area (Å²) in [6.07, 6.45) is 3.48. The second-order valence-electron chi connectivity index (χ2n) is 4.59. The Morgan fingerprint density at radius 2 is 1.81 bits per heavy atom. The molecule has 0 aromatic heterocycles. The second-order valence-corrected chi connectivity index (χ2v) is 6.59. The van der Waals surface area contributed by atoms with Crippen molar-refractivity contribution in [2.24, 2.45) is 0 Å². The van der Waals surface area contributed by atoms with E-state index in [0.29, 0.717) is 0 Å². The summed E-state index contributed by atoms with van der Waals surface area (Å²) in [6, 6.07) is 10.0. The average Bonchev–Trinajstić information content (AvgIpc) is 2.81. The fourth-order valence-electron chi connectivity index (χ4n) is 2.21. The van der Waals surface area contributed by atoms with Crippen molar-refractivity contribution < 1.29 is 5.11 Å². The molecule has 1 fully saturated rings. The molecule has 1 heterocycles. The van der Waals surface area contributed by atoms with Gasteiger partial charge in [0.05, 0.1) is 0 Å². The molecule has 88 valence electrons. The molecular formula is C13H20AsNO. The first-order valence-electron chi connectivity index (χ1n) is 5.98. The first-order valence-corrected chi connectivity index (χ1v) is 7.19. The fourth-order valence-corrected chi connectivity index (χ4v) is 2.88. The van der Waals surface area contributed by atoms with E-state index < -0.39 is 4.39 Å². The van der Waals surface area contributed by atoms with Crippen molar-refractivity contribution in [2.75, 3.05) is 19.6 Å². The molecule has 2 nitrogen and oxygen atoms in total. The van der Waals surface area contributed by atoms with Crippen LogP contribution in [0.2, 0.25) is 0 Å². The minimum absolute atomic E-state index is 0.628. The van der Waals surface area contributed by atoms with Crippen LogP contribution in [0, 0.1) is 0 Å². The van der Waals surface area contributed by atoms with Gasteiger partial charge in [0.25, 0.3) is 0 Å². The van der Waals surface area contributed by atoms with Crippen LogP contribution in [0.5, 0.6) is 0 Å². The molecule has 0 saturated carbocycles. The zero-order valence-corrected chi connectivity index (χ0v) is 12.0. The van der Waals surface area contributed by atoms with Gasteiger partial charge in [-0.25, -0.2) is 0 Å².